The fourth-order valence-corrected chi connectivity index (χ4v) is 5.84. The molecule has 16 heteroatoms. The molecule has 0 aliphatic carbocycles. The van der Waals surface area contributed by atoms with E-state index in [9.17, 15) is 41.9 Å². The van der Waals surface area contributed by atoms with Crippen LogP contribution in [0.5, 0.6) is 0 Å². The number of nitrogens with zero attached hydrogens (tertiary/aromatic N) is 2. The zero-order valence-electron chi connectivity index (χ0n) is 21.7. The Labute approximate surface area is 231 Å². The summed E-state index contributed by atoms with van der Waals surface area (Å²) in [6, 6.07) is 8.73. The summed E-state index contributed by atoms with van der Waals surface area (Å²) in [4.78, 5) is 31.8. The van der Waals surface area contributed by atoms with Gasteiger partial charge in [0.05, 0.1) is 23.1 Å². The lowest BCUT2D eigenvalue weighted by molar-refractivity contribution is -0.388. The van der Waals surface area contributed by atoms with Crippen molar-refractivity contribution in [2.24, 2.45) is 0 Å². The number of nitro groups is 2. The average Bonchev–Trinajstić information content (AvgIpc) is 2.91. The van der Waals surface area contributed by atoms with Gasteiger partial charge in [-0.1, -0.05) is 63.3 Å². The molecule has 0 radical (unpaired) electrons. The second-order valence-corrected chi connectivity index (χ2v) is 11.6. The fourth-order valence-electron chi connectivity index (χ4n) is 3.53. The van der Waals surface area contributed by atoms with Crippen molar-refractivity contribution in [3.63, 3.8) is 0 Å². The molecule has 1 unspecified atom stereocenters. The third kappa shape index (κ3) is 9.62. The first-order valence-electron chi connectivity index (χ1n) is 12.4. The topological polar surface area (TPSA) is 199 Å². The summed E-state index contributed by atoms with van der Waals surface area (Å²) in [5, 5.41) is 22.5. The first-order valence-corrected chi connectivity index (χ1v) is 15.2. The molecule has 14 nitrogen and oxygen atoms in total. The molecule has 0 amide bonds. The van der Waals surface area contributed by atoms with Crippen molar-refractivity contribution in [1.29, 1.82) is 0 Å². The number of ether oxygens (including phenoxy) is 1. The van der Waals surface area contributed by atoms with Gasteiger partial charge in [-0.15, -0.1) is 0 Å². The predicted molar refractivity (Wildman–Crippen MR) is 140 cm³/mol. The molecule has 2 rings (SSSR count). The highest BCUT2D eigenvalue weighted by atomic mass is 32.2. The van der Waals surface area contributed by atoms with Crippen LogP contribution in [0, 0.1) is 20.2 Å². The Morgan fingerprint density at radius 3 is 1.82 bits per heavy atom. The maximum atomic E-state index is 12.9. The van der Waals surface area contributed by atoms with Gasteiger partial charge in [-0.25, -0.2) is 4.79 Å². The van der Waals surface area contributed by atoms with Crippen molar-refractivity contribution >= 4 is 37.6 Å². The van der Waals surface area contributed by atoms with E-state index in [1.54, 1.807) is 0 Å². The van der Waals surface area contributed by atoms with Crippen LogP contribution < -0.4 is 0 Å². The second-order valence-electron chi connectivity index (χ2n) is 8.49. The van der Waals surface area contributed by atoms with E-state index >= 15 is 0 Å². The molecule has 0 N–H and O–H groups in total. The zero-order chi connectivity index (χ0) is 29.8. The normalized spacial score (nSPS) is 12.5. The van der Waals surface area contributed by atoms with Crippen molar-refractivity contribution < 1.29 is 44.6 Å². The Balaban J connectivity index is 2.19. The molecule has 0 saturated heterocycles. The minimum absolute atomic E-state index is 0.0638. The number of carbonyl (C=O) groups excluding carboxylic acids is 1. The highest BCUT2D eigenvalue weighted by Gasteiger charge is 2.34. The molecule has 0 aromatic heterocycles. The standard InChI is InChI=1S/C24H30N2O12S2/c1-2-3-4-5-6-11-17-36-24(27)21(38-40(34,35)23-15-10-8-13-20(23)26(30)31)16-18-37-39(32,33)22-14-9-7-12-19(22)25(28)29/h7-10,12-15,21H,2-6,11,16-18H2,1H3. The van der Waals surface area contributed by atoms with Gasteiger partial charge in [0.1, 0.15) is 0 Å². The van der Waals surface area contributed by atoms with Crippen LogP contribution in [0.25, 0.3) is 0 Å². The number of carbonyl (C=O) groups is 1. The van der Waals surface area contributed by atoms with Gasteiger partial charge in [0.25, 0.3) is 11.4 Å². The maximum absolute atomic E-state index is 12.9. The first kappa shape index (κ1) is 32.7. The number of nitro benzene ring substituents is 2. The molecule has 0 heterocycles. The highest BCUT2D eigenvalue weighted by Crippen LogP contribution is 2.27. The minimum atomic E-state index is -4.90. The lowest BCUT2D eigenvalue weighted by atomic mass is 10.1. The molecular formula is C24H30N2O12S2. The molecule has 0 aliphatic rings. The maximum Gasteiger partial charge on any atom is 0.336 e. The van der Waals surface area contributed by atoms with Crippen LogP contribution in [0.4, 0.5) is 11.4 Å². The van der Waals surface area contributed by atoms with Crippen LogP contribution in [-0.2, 0) is 38.1 Å². The van der Waals surface area contributed by atoms with Gasteiger partial charge < -0.3 is 4.74 Å². The lowest BCUT2D eigenvalue weighted by Crippen LogP contribution is -2.31. The summed E-state index contributed by atoms with van der Waals surface area (Å²) in [5.74, 6) is -1.15. The van der Waals surface area contributed by atoms with E-state index < -0.39 is 76.3 Å². The van der Waals surface area contributed by atoms with Gasteiger partial charge in [0.15, 0.2) is 15.9 Å². The quantitative estimate of drug-likeness (QED) is 0.0772. The number of rotatable bonds is 18. The first-order chi connectivity index (χ1) is 18.9. The summed E-state index contributed by atoms with van der Waals surface area (Å²) in [6.45, 7) is 1.18. The van der Waals surface area contributed by atoms with Crippen LogP contribution in [0.3, 0.4) is 0 Å². The van der Waals surface area contributed by atoms with Crippen LogP contribution in [0.2, 0.25) is 0 Å². The van der Waals surface area contributed by atoms with E-state index in [4.69, 9.17) is 13.1 Å². The number of para-hydroxylation sites is 2. The number of benzene rings is 2. The number of hydrogen-bond acceptors (Lipinski definition) is 12. The van der Waals surface area contributed by atoms with Crippen molar-refractivity contribution in [3.05, 3.63) is 68.8 Å². The summed E-state index contributed by atoms with van der Waals surface area (Å²) in [7, 11) is -9.59. The summed E-state index contributed by atoms with van der Waals surface area (Å²) < 4.78 is 65.9. The van der Waals surface area contributed by atoms with Crippen LogP contribution in [-0.4, -0.2) is 52.0 Å². The fraction of sp³-hybridized carbons (Fsp3) is 0.458. The molecule has 220 valence electrons. The minimum Gasteiger partial charge on any atom is -0.464 e. The lowest BCUT2D eigenvalue weighted by Gasteiger charge is -2.17. The van der Waals surface area contributed by atoms with Crippen molar-refractivity contribution in [1.82, 2.24) is 0 Å². The Hall–Kier alpha value is -3.47. The van der Waals surface area contributed by atoms with Crippen LogP contribution >= 0.6 is 0 Å². The van der Waals surface area contributed by atoms with E-state index in [-0.39, 0.29) is 6.61 Å². The van der Waals surface area contributed by atoms with Crippen LogP contribution in [0.1, 0.15) is 51.9 Å². The third-order valence-electron chi connectivity index (χ3n) is 5.53. The van der Waals surface area contributed by atoms with E-state index in [0.29, 0.717) is 6.42 Å². The molecule has 40 heavy (non-hydrogen) atoms. The van der Waals surface area contributed by atoms with Gasteiger partial charge in [-0.05, 0) is 18.6 Å². The van der Waals surface area contributed by atoms with E-state index in [2.05, 4.69) is 6.92 Å². The Morgan fingerprint density at radius 1 is 0.775 bits per heavy atom. The second kappa shape index (κ2) is 15.4. The SMILES string of the molecule is CCCCCCCCOC(=O)C(CCOS(=O)(=O)c1ccccc1[N+](=O)[O-])OS(=O)(=O)c1ccccc1[N+](=O)[O-]. The molecule has 1 atom stereocenters. The molecule has 0 saturated carbocycles. The van der Waals surface area contributed by atoms with E-state index in [0.717, 1.165) is 56.4 Å². The van der Waals surface area contributed by atoms with Gasteiger partial charge in [0, 0.05) is 18.6 Å². The molecule has 0 aliphatic heterocycles. The number of esters is 1. The van der Waals surface area contributed by atoms with E-state index in [1.807, 2.05) is 0 Å². The van der Waals surface area contributed by atoms with Crippen molar-refractivity contribution in [2.75, 3.05) is 13.2 Å². The zero-order valence-corrected chi connectivity index (χ0v) is 23.3. The molecular weight excluding hydrogens is 572 g/mol. The van der Waals surface area contributed by atoms with Crippen LogP contribution in [0.15, 0.2) is 58.3 Å². The molecule has 0 fully saturated rings. The summed E-state index contributed by atoms with van der Waals surface area (Å²) in [5.41, 5.74) is -1.54. The summed E-state index contributed by atoms with van der Waals surface area (Å²) in [6.07, 6.45) is 2.68. The van der Waals surface area contributed by atoms with Gasteiger partial charge in [0.2, 0.25) is 0 Å². The van der Waals surface area contributed by atoms with E-state index in [1.165, 1.54) is 24.3 Å². The van der Waals surface area contributed by atoms with Gasteiger partial charge >= 0.3 is 26.2 Å². The molecule has 0 bridgehead atoms. The highest BCUT2D eigenvalue weighted by molar-refractivity contribution is 7.87. The number of unbranched alkanes of at least 4 members (excludes halogenated alkanes) is 5. The number of hydrogen-bond donors (Lipinski definition) is 0. The van der Waals surface area contributed by atoms with Gasteiger partial charge in [-0.2, -0.15) is 16.8 Å². The van der Waals surface area contributed by atoms with Crippen molar-refractivity contribution in [2.45, 2.75) is 67.8 Å². The monoisotopic (exact) mass is 602 g/mol. The molecule has 0 spiro atoms. The Kier molecular flexibility index (Phi) is 12.6. The molecule has 2 aromatic rings. The molecule has 2 aromatic carbocycles. The predicted octanol–water partition coefficient (Wildman–Crippen LogP) is 4.28. The smallest absolute Gasteiger partial charge is 0.336 e. The average molecular weight is 603 g/mol. The Bertz CT molecular complexity index is 1390. The largest absolute Gasteiger partial charge is 0.464 e. The third-order valence-corrected chi connectivity index (χ3v) is 8.26. The van der Waals surface area contributed by atoms with Gasteiger partial charge in [-0.3, -0.25) is 28.6 Å². The summed E-state index contributed by atoms with van der Waals surface area (Å²) >= 11 is 0. The van der Waals surface area contributed by atoms with Crippen molar-refractivity contribution in [3.8, 4) is 0 Å². The Morgan fingerprint density at radius 2 is 1.27 bits per heavy atom.